The summed E-state index contributed by atoms with van der Waals surface area (Å²) in [5.74, 6) is 2.09. The Balaban J connectivity index is 1.07. The smallest absolute Gasteiger partial charge is 0.221 e. The zero-order valence-corrected chi connectivity index (χ0v) is 29.0. The summed E-state index contributed by atoms with van der Waals surface area (Å²) >= 11 is 0. The van der Waals surface area contributed by atoms with E-state index in [2.05, 4.69) is 175 Å². The first-order valence-electron chi connectivity index (χ1n) is 17.5. The van der Waals surface area contributed by atoms with Gasteiger partial charge in [-0.3, -0.25) is 4.57 Å². The molecule has 0 radical (unpaired) electrons. The normalized spacial score (nSPS) is 12.8. The second-order valence-electron chi connectivity index (χ2n) is 14.1. The monoisotopic (exact) mass is 662 g/mol. The summed E-state index contributed by atoms with van der Waals surface area (Å²) in [5, 5.41) is 2.41. The number of hydrogen-bond acceptors (Lipinski definition) is 4. The minimum absolute atomic E-state index is 0.0153. The number of ether oxygens (including phenoxy) is 1. The van der Waals surface area contributed by atoms with E-state index >= 15 is 0 Å². The molecule has 6 aromatic carbocycles. The Hall–Kier alpha value is -6.33. The zero-order chi connectivity index (χ0) is 34.5. The fraction of sp³-hybridized carbons (Fsp3) is 0.109. The van der Waals surface area contributed by atoms with E-state index in [9.17, 15) is 0 Å². The Labute approximate surface area is 298 Å². The largest absolute Gasteiger partial charge is 0.439 e. The first kappa shape index (κ1) is 30.7. The maximum Gasteiger partial charge on any atom is 0.221 e. The van der Waals surface area contributed by atoms with E-state index in [1.54, 1.807) is 0 Å². The number of rotatable bonds is 6. The van der Waals surface area contributed by atoms with E-state index in [1.807, 2.05) is 24.3 Å². The van der Waals surface area contributed by atoms with E-state index in [4.69, 9.17) is 9.72 Å². The van der Waals surface area contributed by atoms with Gasteiger partial charge in [-0.05, 0) is 65.1 Å². The lowest BCUT2D eigenvalue weighted by atomic mass is 9.85. The molecule has 0 bridgehead atoms. The molecule has 51 heavy (non-hydrogen) atoms. The number of pyridine rings is 1. The third-order valence-corrected chi connectivity index (χ3v) is 9.86. The molecule has 0 atom stereocenters. The van der Waals surface area contributed by atoms with Crippen molar-refractivity contribution in [2.75, 3.05) is 16.5 Å². The highest BCUT2D eigenvalue weighted by Gasteiger charge is 2.30. The van der Waals surface area contributed by atoms with Crippen molar-refractivity contribution in [2.45, 2.75) is 26.2 Å². The van der Waals surface area contributed by atoms with Crippen molar-refractivity contribution in [2.24, 2.45) is 0 Å². The van der Waals surface area contributed by atoms with Gasteiger partial charge in [0.1, 0.15) is 18.2 Å². The summed E-state index contributed by atoms with van der Waals surface area (Å²) in [6.45, 7) is 7.49. The Morgan fingerprint density at radius 1 is 0.549 bits per heavy atom. The molecule has 1 aliphatic rings. The molecule has 0 saturated heterocycles. The highest BCUT2D eigenvalue weighted by molar-refractivity contribution is 6.09. The Kier molecular flexibility index (Phi) is 7.36. The van der Waals surface area contributed by atoms with Gasteiger partial charge in [0.15, 0.2) is 0 Å². The van der Waals surface area contributed by atoms with Gasteiger partial charge in [-0.25, -0.2) is 0 Å². The van der Waals surface area contributed by atoms with Gasteiger partial charge < -0.3 is 14.5 Å². The highest BCUT2D eigenvalue weighted by atomic mass is 16.5. The molecule has 9 rings (SSSR count). The van der Waals surface area contributed by atoms with E-state index in [1.165, 1.54) is 38.8 Å². The van der Waals surface area contributed by atoms with Gasteiger partial charge in [0.2, 0.25) is 5.88 Å². The summed E-state index contributed by atoms with van der Waals surface area (Å²) in [6.07, 6.45) is 0. The van der Waals surface area contributed by atoms with Crippen LogP contribution in [0.25, 0.3) is 38.8 Å². The highest BCUT2D eigenvalue weighted by Crippen LogP contribution is 2.48. The van der Waals surface area contributed by atoms with Crippen LogP contribution in [0.15, 0.2) is 164 Å². The summed E-state index contributed by atoms with van der Waals surface area (Å²) in [5.41, 5.74) is 10.5. The van der Waals surface area contributed by atoms with Gasteiger partial charge >= 0.3 is 0 Å². The molecule has 8 aromatic rings. The molecule has 3 heterocycles. The summed E-state index contributed by atoms with van der Waals surface area (Å²) < 4.78 is 8.72. The van der Waals surface area contributed by atoms with Crippen molar-refractivity contribution >= 4 is 44.6 Å². The molecule has 5 heteroatoms. The van der Waals surface area contributed by atoms with Crippen LogP contribution in [0.1, 0.15) is 26.3 Å². The molecule has 0 spiro atoms. The molecule has 0 N–H and O–H groups in total. The predicted octanol–water partition coefficient (Wildman–Crippen LogP) is 12.2. The molecule has 0 fully saturated rings. The SMILES string of the molecule is CC(C)(C)c1ccc(-c2ccccc2)c(N2CN(c3cccc(Oc4cccc(-n5c6ccccc6c6ccccc65)n4)c3)c3ccccc32)c1. The third-order valence-electron chi connectivity index (χ3n) is 9.86. The van der Waals surface area contributed by atoms with Crippen LogP contribution in [0.2, 0.25) is 0 Å². The molecule has 5 nitrogen and oxygen atoms in total. The maximum atomic E-state index is 6.51. The molecule has 0 aliphatic carbocycles. The Morgan fingerprint density at radius 3 is 1.92 bits per heavy atom. The number of fused-ring (bicyclic) bond motifs is 4. The van der Waals surface area contributed by atoms with Crippen molar-refractivity contribution in [1.82, 2.24) is 9.55 Å². The summed E-state index contributed by atoms with van der Waals surface area (Å²) in [7, 11) is 0. The first-order valence-corrected chi connectivity index (χ1v) is 17.5. The third kappa shape index (κ3) is 5.48. The lowest BCUT2D eigenvalue weighted by molar-refractivity contribution is 0.462. The van der Waals surface area contributed by atoms with Crippen LogP contribution >= 0.6 is 0 Å². The molecule has 1 aliphatic heterocycles. The Morgan fingerprint density at radius 2 is 1.20 bits per heavy atom. The lowest BCUT2D eigenvalue weighted by Crippen LogP contribution is -2.25. The number of hydrogen-bond donors (Lipinski definition) is 0. The fourth-order valence-electron chi connectivity index (χ4n) is 7.31. The number of benzene rings is 6. The Bertz CT molecular complexity index is 2490. The first-order chi connectivity index (χ1) is 24.9. The second-order valence-corrected chi connectivity index (χ2v) is 14.1. The van der Waals surface area contributed by atoms with Crippen LogP contribution in [0, 0.1) is 0 Å². The average Bonchev–Trinajstić information content (AvgIpc) is 3.71. The van der Waals surface area contributed by atoms with Crippen LogP contribution in [0.5, 0.6) is 11.6 Å². The number of nitrogens with zero attached hydrogens (tertiary/aromatic N) is 4. The minimum Gasteiger partial charge on any atom is -0.439 e. The fourth-order valence-corrected chi connectivity index (χ4v) is 7.31. The van der Waals surface area contributed by atoms with Crippen molar-refractivity contribution in [3.63, 3.8) is 0 Å². The molecular weight excluding hydrogens is 625 g/mol. The van der Waals surface area contributed by atoms with Crippen molar-refractivity contribution in [1.29, 1.82) is 0 Å². The van der Waals surface area contributed by atoms with Gasteiger partial charge in [0.25, 0.3) is 0 Å². The number of aromatic nitrogens is 2. The van der Waals surface area contributed by atoms with Crippen molar-refractivity contribution in [3.8, 4) is 28.6 Å². The van der Waals surface area contributed by atoms with Crippen molar-refractivity contribution < 1.29 is 4.74 Å². The van der Waals surface area contributed by atoms with E-state index in [0.717, 1.165) is 34.0 Å². The van der Waals surface area contributed by atoms with Gasteiger partial charge in [-0.15, -0.1) is 0 Å². The van der Waals surface area contributed by atoms with Crippen LogP contribution in [-0.2, 0) is 5.41 Å². The van der Waals surface area contributed by atoms with Gasteiger partial charge in [-0.1, -0.05) is 124 Å². The van der Waals surface area contributed by atoms with E-state index < -0.39 is 0 Å². The standard InChI is InChI=1S/C46H38N4O/c1-46(2,3)33-27-28-36(32-15-5-4-6-16-32)43(29-33)49-31-48(41-23-11-12-24-42(41)49)34-17-13-18-35(30-34)51-45-26-14-25-44(47-45)50-39-21-9-7-19-37(39)38-20-8-10-22-40(38)50/h4-30H,31H2,1-3H3. The van der Waals surface area contributed by atoms with Gasteiger partial charge in [0.05, 0.1) is 28.1 Å². The zero-order valence-electron chi connectivity index (χ0n) is 29.0. The minimum atomic E-state index is 0.0153. The van der Waals surface area contributed by atoms with Crippen LogP contribution in [0.3, 0.4) is 0 Å². The lowest BCUT2D eigenvalue weighted by Gasteiger charge is -2.27. The van der Waals surface area contributed by atoms with Gasteiger partial charge in [-0.2, -0.15) is 4.98 Å². The predicted molar refractivity (Wildman–Crippen MR) is 211 cm³/mol. The van der Waals surface area contributed by atoms with Crippen LogP contribution in [-0.4, -0.2) is 16.2 Å². The molecule has 0 saturated carbocycles. The maximum absolute atomic E-state index is 6.51. The second kappa shape index (κ2) is 12.2. The van der Waals surface area contributed by atoms with E-state index in [-0.39, 0.29) is 5.41 Å². The quantitative estimate of drug-likeness (QED) is 0.177. The molecule has 2 aromatic heterocycles. The number of anilines is 4. The average molecular weight is 663 g/mol. The molecule has 248 valence electrons. The van der Waals surface area contributed by atoms with Crippen LogP contribution in [0.4, 0.5) is 22.7 Å². The van der Waals surface area contributed by atoms with Crippen molar-refractivity contribution in [3.05, 3.63) is 169 Å². The molecular formula is C46H38N4O. The van der Waals surface area contributed by atoms with E-state index in [0.29, 0.717) is 12.5 Å². The molecule has 0 amide bonds. The topological polar surface area (TPSA) is 33.5 Å². The number of para-hydroxylation sites is 4. The molecule has 0 unspecified atom stereocenters. The summed E-state index contributed by atoms with van der Waals surface area (Å²) in [6, 6.07) is 57.5. The van der Waals surface area contributed by atoms with Gasteiger partial charge in [0, 0.05) is 34.2 Å². The van der Waals surface area contributed by atoms with Crippen LogP contribution < -0.4 is 14.5 Å². The summed E-state index contributed by atoms with van der Waals surface area (Å²) in [4.78, 5) is 9.82.